The molecule has 3 N–H and O–H groups in total. The third-order valence-electron chi connectivity index (χ3n) is 0.779. The van der Waals surface area contributed by atoms with Gasteiger partial charge in [-0.05, 0) is 12.5 Å². The van der Waals surface area contributed by atoms with E-state index in [0.717, 1.165) is 0 Å². The van der Waals surface area contributed by atoms with Crippen molar-refractivity contribution in [3.05, 3.63) is 11.6 Å². The lowest BCUT2D eigenvalue weighted by atomic mass is 10.3. The molecule has 0 saturated carbocycles. The molecule has 3 heteroatoms. The van der Waals surface area contributed by atoms with Gasteiger partial charge < -0.3 is 0 Å². The van der Waals surface area contributed by atoms with Gasteiger partial charge in [0.1, 0.15) is 6.67 Å². The smallest absolute Gasteiger partial charge is 0.110 e. The molecule has 0 aromatic heterocycles. The lowest BCUT2D eigenvalue weighted by molar-refractivity contribution is 0.541. The van der Waals surface area contributed by atoms with Gasteiger partial charge in [-0.2, -0.15) is 0 Å². The van der Waals surface area contributed by atoms with Gasteiger partial charge in [0.05, 0.1) is 0 Å². The van der Waals surface area contributed by atoms with Gasteiger partial charge >= 0.3 is 0 Å². The molecule has 0 fully saturated rings. The van der Waals surface area contributed by atoms with Crippen LogP contribution in [0.4, 0.5) is 4.39 Å². The minimum Gasteiger partial charge on any atom is -0.271 e. The van der Waals surface area contributed by atoms with Crippen LogP contribution < -0.4 is 11.3 Å². The maximum Gasteiger partial charge on any atom is 0.110 e. The first-order valence-electron chi connectivity index (χ1n) is 2.46. The van der Waals surface area contributed by atoms with Crippen molar-refractivity contribution in [3.63, 3.8) is 0 Å². The zero-order valence-corrected chi connectivity index (χ0v) is 4.95. The predicted molar refractivity (Wildman–Crippen MR) is 31.9 cm³/mol. The fourth-order valence-corrected chi connectivity index (χ4v) is 0.288. The maximum atomic E-state index is 11.6. The summed E-state index contributed by atoms with van der Waals surface area (Å²) in [5.74, 6) is 4.91. The van der Waals surface area contributed by atoms with Crippen LogP contribution in [0.25, 0.3) is 0 Å². The number of alkyl halides is 1. The Balaban J connectivity index is 3.26. The van der Waals surface area contributed by atoms with E-state index in [1.807, 2.05) is 0 Å². The van der Waals surface area contributed by atoms with E-state index in [0.29, 0.717) is 12.1 Å². The molecule has 0 aromatic carbocycles. The number of hydrogen-bond donors (Lipinski definition) is 2. The largest absolute Gasteiger partial charge is 0.271 e. The Morgan fingerprint density at radius 1 is 1.88 bits per heavy atom. The summed E-state index contributed by atoms with van der Waals surface area (Å²) in [7, 11) is 0. The highest BCUT2D eigenvalue weighted by Crippen LogP contribution is 1.89. The first kappa shape index (κ1) is 7.59. The van der Waals surface area contributed by atoms with Crippen LogP contribution in [-0.4, -0.2) is 13.2 Å². The molecule has 0 aliphatic rings. The fraction of sp³-hybridized carbons (Fsp3) is 0.600. The van der Waals surface area contributed by atoms with Crippen LogP contribution in [0.5, 0.6) is 0 Å². The normalized spacial score (nSPS) is 12.1. The third kappa shape index (κ3) is 3.77. The second-order valence-electron chi connectivity index (χ2n) is 1.59. The molecule has 0 saturated heterocycles. The lowest BCUT2D eigenvalue weighted by Crippen LogP contribution is -2.21. The number of rotatable bonds is 3. The van der Waals surface area contributed by atoms with Crippen molar-refractivity contribution >= 4 is 0 Å². The number of allylic oxidation sites excluding steroid dienone is 1. The van der Waals surface area contributed by atoms with E-state index in [2.05, 4.69) is 5.43 Å². The molecule has 0 unspecified atom stereocenters. The van der Waals surface area contributed by atoms with Crippen molar-refractivity contribution in [2.75, 3.05) is 13.2 Å². The molecule has 8 heavy (non-hydrogen) atoms. The minimum absolute atomic E-state index is 0.387. The van der Waals surface area contributed by atoms with Crippen LogP contribution in [0.1, 0.15) is 6.92 Å². The summed E-state index contributed by atoms with van der Waals surface area (Å²) in [6.45, 7) is 1.87. The Morgan fingerprint density at radius 3 is 2.88 bits per heavy atom. The van der Waals surface area contributed by atoms with Crippen LogP contribution in [-0.2, 0) is 0 Å². The summed E-state index contributed by atoms with van der Waals surface area (Å²) in [5, 5.41) is 0. The first-order chi connectivity index (χ1) is 3.81. The van der Waals surface area contributed by atoms with Crippen molar-refractivity contribution in [2.45, 2.75) is 6.92 Å². The van der Waals surface area contributed by atoms with E-state index in [4.69, 9.17) is 5.84 Å². The highest BCUT2D eigenvalue weighted by molar-refractivity contribution is 4.98. The summed E-state index contributed by atoms with van der Waals surface area (Å²) in [6.07, 6.45) is 1.71. The Hall–Kier alpha value is -0.410. The standard InChI is InChI=1S/C5H11FN2/c1-5(4-6)2-3-8-7/h2,8H,3-4,7H2,1H3. The van der Waals surface area contributed by atoms with Crippen molar-refractivity contribution in [3.8, 4) is 0 Å². The van der Waals surface area contributed by atoms with Gasteiger partial charge in [-0.1, -0.05) is 6.08 Å². The number of hydrogen-bond acceptors (Lipinski definition) is 2. The number of nitrogens with two attached hydrogens (primary N) is 1. The molecule has 48 valence electrons. The van der Waals surface area contributed by atoms with Gasteiger partial charge in [0, 0.05) is 6.54 Å². The van der Waals surface area contributed by atoms with E-state index in [1.165, 1.54) is 0 Å². The minimum atomic E-state index is -0.387. The quantitative estimate of drug-likeness (QED) is 0.319. The van der Waals surface area contributed by atoms with Crippen LogP contribution in [0, 0.1) is 0 Å². The molecule has 0 bridgehead atoms. The van der Waals surface area contributed by atoms with E-state index < -0.39 is 0 Å². The highest BCUT2D eigenvalue weighted by Gasteiger charge is 1.82. The molecule has 0 aromatic rings. The summed E-state index contributed by atoms with van der Waals surface area (Å²) in [4.78, 5) is 0. The first-order valence-corrected chi connectivity index (χ1v) is 2.46. The van der Waals surface area contributed by atoms with E-state index in [-0.39, 0.29) is 6.67 Å². The van der Waals surface area contributed by atoms with Gasteiger partial charge in [0.25, 0.3) is 0 Å². The van der Waals surface area contributed by atoms with E-state index >= 15 is 0 Å². The molecular formula is C5H11FN2. The number of hydrazine groups is 1. The topological polar surface area (TPSA) is 38.0 Å². The molecule has 0 atom stereocenters. The van der Waals surface area contributed by atoms with Crippen LogP contribution in [0.3, 0.4) is 0 Å². The van der Waals surface area contributed by atoms with Crippen molar-refractivity contribution in [1.82, 2.24) is 5.43 Å². The summed E-state index contributed by atoms with van der Waals surface area (Å²) >= 11 is 0. The Bertz CT molecular complexity index is 80.5. The van der Waals surface area contributed by atoms with Crippen molar-refractivity contribution in [2.24, 2.45) is 5.84 Å². The molecule has 2 nitrogen and oxygen atoms in total. The predicted octanol–water partition coefficient (Wildman–Crippen LogP) is 0.366. The zero-order valence-electron chi connectivity index (χ0n) is 4.95. The SMILES string of the molecule is CC(=CCNN)CF. The summed E-state index contributed by atoms with van der Waals surface area (Å²) in [5.41, 5.74) is 3.10. The third-order valence-corrected chi connectivity index (χ3v) is 0.779. The van der Waals surface area contributed by atoms with Crippen molar-refractivity contribution < 1.29 is 4.39 Å². The van der Waals surface area contributed by atoms with Crippen LogP contribution >= 0.6 is 0 Å². The molecule has 0 rings (SSSR count). The van der Waals surface area contributed by atoms with Gasteiger partial charge in [0.2, 0.25) is 0 Å². The van der Waals surface area contributed by atoms with E-state index in [1.54, 1.807) is 13.0 Å². The average molecular weight is 118 g/mol. The molecule has 0 spiro atoms. The molecule has 0 heterocycles. The maximum absolute atomic E-state index is 11.6. The van der Waals surface area contributed by atoms with Gasteiger partial charge in [-0.3, -0.25) is 11.3 Å². The Kier molecular flexibility index (Phi) is 4.50. The molecule has 0 aliphatic heterocycles. The Labute approximate surface area is 48.5 Å². The summed E-state index contributed by atoms with van der Waals surface area (Å²) < 4.78 is 11.6. The van der Waals surface area contributed by atoms with Crippen molar-refractivity contribution in [1.29, 1.82) is 0 Å². The zero-order chi connectivity index (χ0) is 6.41. The molecule has 0 aliphatic carbocycles. The van der Waals surface area contributed by atoms with Crippen LogP contribution in [0.15, 0.2) is 11.6 Å². The molecule has 0 radical (unpaired) electrons. The molecule has 0 amide bonds. The van der Waals surface area contributed by atoms with Gasteiger partial charge in [0.15, 0.2) is 0 Å². The molecular weight excluding hydrogens is 107 g/mol. The summed E-state index contributed by atoms with van der Waals surface area (Å²) in [6, 6.07) is 0. The lowest BCUT2D eigenvalue weighted by Gasteiger charge is -1.91. The number of halogens is 1. The fourth-order valence-electron chi connectivity index (χ4n) is 0.288. The average Bonchev–Trinajstić information content (AvgIpc) is 1.83. The van der Waals surface area contributed by atoms with Gasteiger partial charge in [-0.15, -0.1) is 0 Å². The number of nitrogens with one attached hydrogen (secondary N) is 1. The van der Waals surface area contributed by atoms with Gasteiger partial charge in [-0.25, -0.2) is 4.39 Å². The second-order valence-corrected chi connectivity index (χ2v) is 1.59. The Morgan fingerprint density at radius 2 is 2.50 bits per heavy atom. The van der Waals surface area contributed by atoms with E-state index in [9.17, 15) is 4.39 Å². The second kappa shape index (κ2) is 4.74. The monoisotopic (exact) mass is 118 g/mol. The highest BCUT2D eigenvalue weighted by atomic mass is 19.1. The van der Waals surface area contributed by atoms with Crippen LogP contribution in [0.2, 0.25) is 0 Å².